The van der Waals surface area contributed by atoms with Crippen LogP contribution in [0.3, 0.4) is 0 Å². The van der Waals surface area contributed by atoms with Crippen LogP contribution in [0.15, 0.2) is 12.3 Å². The van der Waals surface area contributed by atoms with Gasteiger partial charge >= 0.3 is 5.97 Å². The van der Waals surface area contributed by atoms with Gasteiger partial charge in [-0.25, -0.2) is 9.78 Å². The first-order chi connectivity index (χ1) is 9.39. The predicted octanol–water partition coefficient (Wildman–Crippen LogP) is 0.152. The van der Waals surface area contributed by atoms with Crippen LogP contribution in [-0.2, 0) is 9.53 Å². The highest BCUT2D eigenvalue weighted by Gasteiger charge is 2.40. The molecule has 108 valence electrons. The number of nitrogens with two attached hydrogens (primary N) is 2. The van der Waals surface area contributed by atoms with E-state index in [1.165, 1.54) is 19.4 Å². The molecule has 1 aliphatic rings. The number of primary amides is 1. The quantitative estimate of drug-likeness (QED) is 0.761. The molecule has 1 fully saturated rings. The van der Waals surface area contributed by atoms with E-state index in [2.05, 4.69) is 9.72 Å². The minimum atomic E-state index is -0.602. The minimum Gasteiger partial charge on any atom is -0.465 e. The summed E-state index contributed by atoms with van der Waals surface area (Å²) >= 11 is 0. The van der Waals surface area contributed by atoms with E-state index in [9.17, 15) is 9.59 Å². The van der Waals surface area contributed by atoms with Gasteiger partial charge in [0.1, 0.15) is 0 Å². The summed E-state index contributed by atoms with van der Waals surface area (Å²) < 4.78 is 4.67. The molecule has 0 aliphatic carbocycles. The molecule has 2 heterocycles. The van der Waals surface area contributed by atoms with Crippen molar-refractivity contribution in [3.05, 3.63) is 17.8 Å². The van der Waals surface area contributed by atoms with Crippen molar-refractivity contribution in [2.75, 3.05) is 30.8 Å². The van der Waals surface area contributed by atoms with E-state index in [1.807, 2.05) is 11.8 Å². The molecule has 0 spiro atoms. The average molecular weight is 278 g/mol. The zero-order valence-electron chi connectivity index (χ0n) is 11.5. The summed E-state index contributed by atoms with van der Waals surface area (Å²) in [4.78, 5) is 29.2. The van der Waals surface area contributed by atoms with E-state index in [-0.39, 0.29) is 17.2 Å². The van der Waals surface area contributed by atoms with Gasteiger partial charge in [0.25, 0.3) is 0 Å². The number of ether oxygens (including phenoxy) is 1. The summed E-state index contributed by atoms with van der Waals surface area (Å²) in [5.41, 5.74) is 11.3. The first kappa shape index (κ1) is 14.1. The molecule has 0 saturated carbocycles. The highest BCUT2D eigenvalue weighted by molar-refractivity contribution is 5.97. The highest BCUT2D eigenvalue weighted by Crippen LogP contribution is 2.35. The van der Waals surface area contributed by atoms with Crippen molar-refractivity contribution in [3.63, 3.8) is 0 Å². The highest BCUT2D eigenvalue weighted by atomic mass is 16.5. The molecule has 2 rings (SSSR count). The van der Waals surface area contributed by atoms with Gasteiger partial charge in [0.2, 0.25) is 5.91 Å². The number of amides is 1. The molecule has 0 aromatic carbocycles. The normalized spacial score (nSPS) is 21.8. The van der Waals surface area contributed by atoms with E-state index >= 15 is 0 Å². The Morgan fingerprint density at radius 3 is 2.75 bits per heavy atom. The van der Waals surface area contributed by atoms with Gasteiger partial charge in [-0.3, -0.25) is 4.79 Å². The SMILES string of the molecule is COC(=O)c1ccnc(N2CCC(C)(C(N)=O)C2)c1N. The summed E-state index contributed by atoms with van der Waals surface area (Å²) in [6.45, 7) is 2.86. The third-order valence-corrected chi connectivity index (χ3v) is 3.74. The number of carbonyl (C=O) groups excluding carboxylic acids is 2. The molecular formula is C13H18N4O3. The van der Waals surface area contributed by atoms with Gasteiger partial charge in [-0.2, -0.15) is 0 Å². The van der Waals surface area contributed by atoms with E-state index in [0.29, 0.717) is 25.3 Å². The maximum atomic E-state index is 11.6. The van der Waals surface area contributed by atoms with Crippen LogP contribution in [0, 0.1) is 5.41 Å². The van der Waals surface area contributed by atoms with Crippen LogP contribution in [0.5, 0.6) is 0 Å². The number of esters is 1. The van der Waals surface area contributed by atoms with E-state index in [0.717, 1.165) is 0 Å². The molecule has 1 aliphatic heterocycles. The van der Waals surface area contributed by atoms with Gasteiger partial charge in [0.05, 0.1) is 23.8 Å². The van der Waals surface area contributed by atoms with Gasteiger partial charge < -0.3 is 21.1 Å². The first-order valence-corrected chi connectivity index (χ1v) is 6.26. The van der Waals surface area contributed by atoms with Crippen LogP contribution >= 0.6 is 0 Å². The van der Waals surface area contributed by atoms with Crippen LogP contribution in [-0.4, -0.2) is 37.1 Å². The maximum absolute atomic E-state index is 11.6. The lowest BCUT2D eigenvalue weighted by Gasteiger charge is -2.23. The van der Waals surface area contributed by atoms with Gasteiger partial charge in [0, 0.05) is 19.3 Å². The van der Waals surface area contributed by atoms with Gasteiger partial charge in [-0.05, 0) is 19.4 Å². The van der Waals surface area contributed by atoms with Crippen molar-refractivity contribution in [3.8, 4) is 0 Å². The number of pyridine rings is 1. The van der Waals surface area contributed by atoms with Crippen molar-refractivity contribution >= 4 is 23.4 Å². The van der Waals surface area contributed by atoms with Crippen LogP contribution in [0.2, 0.25) is 0 Å². The molecule has 20 heavy (non-hydrogen) atoms. The fourth-order valence-electron chi connectivity index (χ4n) is 2.35. The molecule has 1 saturated heterocycles. The third-order valence-electron chi connectivity index (χ3n) is 3.74. The summed E-state index contributed by atoms with van der Waals surface area (Å²) in [7, 11) is 1.29. The molecule has 7 nitrogen and oxygen atoms in total. The van der Waals surface area contributed by atoms with Gasteiger partial charge in [-0.15, -0.1) is 0 Å². The number of aromatic nitrogens is 1. The van der Waals surface area contributed by atoms with Crippen molar-refractivity contribution in [1.29, 1.82) is 0 Å². The zero-order chi connectivity index (χ0) is 14.9. The largest absolute Gasteiger partial charge is 0.465 e. The van der Waals surface area contributed by atoms with Crippen molar-refractivity contribution < 1.29 is 14.3 Å². The minimum absolute atomic E-state index is 0.257. The molecule has 1 aromatic heterocycles. The van der Waals surface area contributed by atoms with Crippen LogP contribution in [0.25, 0.3) is 0 Å². The summed E-state index contributed by atoms with van der Waals surface area (Å²) in [6, 6.07) is 1.51. The fraction of sp³-hybridized carbons (Fsp3) is 0.462. The molecule has 4 N–H and O–H groups in total. The average Bonchev–Trinajstić information content (AvgIpc) is 2.82. The van der Waals surface area contributed by atoms with Crippen LogP contribution in [0.4, 0.5) is 11.5 Å². The number of rotatable bonds is 3. The Morgan fingerprint density at radius 2 is 2.20 bits per heavy atom. The summed E-state index contributed by atoms with van der Waals surface area (Å²) in [5, 5.41) is 0. The lowest BCUT2D eigenvalue weighted by atomic mass is 9.89. The number of hydrogen-bond acceptors (Lipinski definition) is 6. The van der Waals surface area contributed by atoms with Crippen molar-refractivity contribution in [2.24, 2.45) is 11.1 Å². The second-order valence-electron chi connectivity index (χ2n) is 5.18. The van der Waals surface area contributed by atoms with Gasteiger partial charge in [0.15, 0.2) is 5.82 Å². The van der Waals surface area contributed by atoms with Crippen molar-refractivity contribution in [1.82, 2.24) is 4.98 Å². The molecule has 1 atom stereocenters. The maximum Gasteiger partial charge on any atom is 0.340 e. The number of nitrogen functional groups attached to an aromatic ring is 1. The van der Waals surface area contributed by atoms with E-state index < -0.39 is 11.4 Å². The van der Waals surface area contributed by atoms with E-state index in [4.69, 9.17) is 11.5 Å². The third kappa shape index (κ3) is 2.26. The zero-order valence-corrected chi connectivity index (χ0v) is 11.5. The lowest BCUT2D eigenvalue weighted by molar-refractivity contribution is -0.125. The monoisotopic (exact) mass is 278 g/mol. The second-order valence-corrected chi connectivity index (χ2v) is 5.18. The van der Waals surface area contributed by atoms with Crippen LogP contribution in [0.1, 0.15) is 23.7 Å². The number of carbonyl (C=O) groups is 2. The molecule has 1 unspecified atom stereocenters. The Labute approximate surface area is 116 Å². The van der Waals surface area contributed by atoms with E-state index in [1.54, 1.807) is 0 Å². The first-order valence-electron chi connectivity index (χ1n) is 6.26. The summed E-state index contributed by atoms with van der Waals surface area (Å²) in [5.74, 6) is -0.372. The molecule has 7 heteroatoms. The Bertz CT molecular complexity index is 561. The molecule has 0 radical (unpaired) electrons. The molecule has 0 bridgehead atoms. The number of nitrogens with zero attached hydrogens (tertiary/aromatic N) is 2. The number of hydrogen-bond donors (Lipinski definition) is 2. The standard InChI is InChI=1S/C13H18N4O3/c1-13(12(15)19)4-6-17(7-13)10-9(14)8(3-5-16-10)11(18)20-2/h3,5H,4,6-7,14H2,1-2H3,(H2,15,19). The topological polar surface area (TPSA) is 112 Å². The molecular weight excluding hydrogens is 260 g/mol. The van der Waals surface area contributed by atoms with Gasteiger partial charge in [-0.1, -0.05) is 0 Å². The van der Waals surface area contributed by atoms with Crippen LogP contribution < -0.4 is 16.4 Å². The Balaban J connectivity index is 2.32. The Hall–Kier alpha value is -2.31. The number of methoxy groups -OCH3 is 1. The Kier molecular flexibility index (Phi) is 3.52. The predicted molar refractivity (Wildman–Crippen MR) is 74.1 cm³/mol. The second kappa shape index (κ2) is 4.99. The smallest absolute Gasteiger partial charge is 0.340 e. The molecule has 1 amide bonds. The Morgan fingerprint density at radius 1 is 1.50 bits per heavy atom. The lowest BCUT2D eigenvalue weighted by Crippen LogP contribution is -2.37. The number of anilines is 2. The summed E-state index contributed by atoms with van der Waals surface area (Å²) in [6.07, 6.45) is 2.13. The fourth-order valence-corrected chi connectivity index (χ4v) is 2.35. The van der Waals surface area contributed by atoms with Crippen molar-refractivity contribution in [2.45, 2.75) is 13.3 Å². The molecule has 1 aromatic rings.